The van der Waals surface area contributed by atoms with Gasteiger partial charge in [0.05, 0.1) is 29.2 Å². The third kappa shape index (κ3) is 4.65. The third-order valence-electron chi connectivity index (χ3n) is 5.21. The lowest BCUT2D eigenvalue weighted by Gasteiger charge is -2.10. The molecule has 2 atom stereocenters. The van der Waals surface area contributed by atoms with Crippen molar-refractivity contribution in [2.24, 2.45) is 4.99 Å². The van der Waals surface area contributed by atoms with E-state index in [2.05, 4.69) is 49.6 Å². The van der Waals surface area contributed by atoms with Gasteiger partial charge in [-0.25, -0.2) is 4.98 Å². The highest BCUT2D eigenvalue weighted by Crippen LogP contribution is 2.22. The number of pyridine rings is 2. The van der Waals surface area contributed by atoms with Crippen LogP contribution in [0.3, 0.4) is 0 Å². The summed E-state index contributed by atoms with van der Waals surface area (Å²) in [7, 11) is 0. The van der Waals surface area contributed by atoms with E-state index in [1.165, 1.54) is 6.21 Å². The van der Waals surface area contributed by atoms with Crippen LogP contribution >= 0.6 is 0 Å². The molecule has 30 heavy (non-hydrogen) atoms. The molecule has 154 valence electrons. The van der Waals surface area contributed by atoms with Gasteiger partial charge < -0.3 is 16.0 Å². The van der Waals surface area contributed by atoms with Gasteiger partial charge in [-0.3, -0.25) is 9.98 Å². The molecule has 1 aliphatic rings. The van der Waals surface area contributed by atoms with Crippen LogP contribution in [0.25, 0.3) is 11.0 Å². The predicted molar refractivity (Wildman–Crippen MR) is 120 cm³/mol. The smallest absolute Gasteiger partial charge is 0.154 e. The molecule has 1 fully saturated rings. The van der Waals surface area contributed by atoms with Crippen molar-refractivity contribution < 1.29 is 0 Å². The zero-order valence-corrected chi connectivity index (χ0v) is 17.2. The maximum atomic E-state index is 7.82. The molecule has 0 spiro atoms. The zero-order valence-electron chi connectivity index (χ0n) is 17.2. The molecule has 0 bridgehead atoms. The summed E-state index contributed by atoms with van der Waals surface area (Å²) >= 11 is 0. The number of nitrogens with zero attached hydrogens (tertiary/aromatic N) is 5. The molecule has 3 aromatic rings. The molecule has 0 amide bonds. The molecule has 3 N–H and O–H groups in total. The Morgan fingerprint density at radius 1 is 1.17 bits per heavy atom. The highest BCUT2D eigenvalue weighted by atomic mass is 15.2. The average Bonchev–Trinajstić information content (AvgIpc) is 3.28. The Balaban J connectivity index is 1.57. The SMILES string of the molecule is CC(C)c1cnnc(Nc2ccc3ncc(C(C=N)C=N[C@@H]4CCNC4)cc3n2)c1. The first-order chi connectivity index (χ1) is 14.6. The van der Waals surface area contributed by atoms with Crippen LogP contribution < -0.4 is 10.6 Å². The van der Waals surface area contributed by atoms with Crippen LogP contribution in [0, 0.1) is 5.41 Å². The van der Waals surface area contributed by atoms with Crippen molar-refractivity contribution in [3.63, 3.8) is 0 Å². The molecular formula is C22H26N8. The van der Waals surface area contributed by atoms with Gasteiger partial charge in [0.2, 0.25) is 0 Å². The molecule has 4 heterocycles. The summed E-state index contributed by atoms with van der Waals surface area (Å²) in [5, 5.41) is 22.6. The fourth-order valence-electron chi connectivity index (χ4n) is 3.37. The van der Waals surface area contributed by atoms with E-state index in [0.717, 1.165) is 41.7 Å². The first kappa shape index (κ1) is 20.0. The van der Waals surface area contributed by atoms with E-state index in [9.17, 15) is 0 Å². The molecule has 1 aliphatic heterocycles. The Bertz CT molecular complexity index is 1060. The molecular weight excluding hydrogens is 376 g/mol. The second kappa shape index (κ2) is 9.04. The fourth-order valence-corrected chi connectivity index (χ4v) is 3.37. The third-order valence-corrected chi connectivity index (χ3v) is 5.21. The Labute approximate surface area is 175 Å². The summed E-state index contributed by atoms with van der Waals surface area (Å²) in [6, 6.07) is 8.04. The van der Waals surface area contributed by atoms with Gasteiger partial charge in [-0.05, 0) is 54.3 Å². The lowest BCUT2D eigenvalue weighted by atomic mass is 10.0. The largest absolute Gasteiger partial charge is 0.323 e. The van der Waals surface area contributed by atoms with E-state index in [-0.39, 0.29) is 12.0 Å². The first-order valence-electron chi connectivity index (χ1n) is 10.2. The molecule has 4 rings (SSSR count). The van der Waals surface area contributed by atoms with Crippen molar-refractivity contribution in [3.8, 4) is 0 Å². The minimum Gasteiger partial charge on any atom is -0.323 e. The van der Waals surface area contributed by atoms with Crippen molar-refractivity contribution in [1.29, 1.82) is 5.41 Å². The highest BCUT2D eigenvalue weighted by molar-refractivity contribution is 5.90. The van der Waals surface area contributed by atoms with Gasteiger partial charge in [-0.1, -0.05) is 13.8 Å². The van der Waals surface area contributed by atoms with Crippen LogP contribution in [-0.4, -0.2) is 51.7 Å². The van der Waals surface area contributed by atoms with E-state index < -0.39 is 0 Å². The number of aliphatic imine (C=N–C) groups is 1. The second-order valence-electron chi connectivity index (χ2n) is 7.79. The Morgan fingerprint density at radius 2 is 2.07 bits per heavy atom. The van der Waals surface area contributed by atoms with Crippen molar-refractivity contribution in [3.05, 3.63) is 47.8 Å². The fraction of sp³-hybridized carbons (Fsp3) is 0.364. The van der Waals surface area contributed by atoms with Crippen molar-refractivity contribution >= 4 is 35.1 Å². The van der Waals surface area contributed by atoms with Crippen LogP contribution in [0.1, 0.15) is 43.2 Å². The number of fused-ring (bicyclic) bond motifs is 1. The van der Waals surface area contributed by atoms with Crippen LogP contribution in [0.5, 0.6) is 0 Å². The minimum absolute atomic E-state index is 0.213. The van der Waals surface area contributed by atoms with Gasteiger partial charge in [0.15, 0.2) is 5.82 Å². The van der Waals surface area contributed by atoms with E-state index in [4.69, 9.17) is 5.41 Å². The van der Waals surface area contributed by atoms with Gasteiger partial charge in [0.1, 0.15) is 5.82 Å². The zero-order chi connectivity index (χ0) is 20.9. The number of nitrogens with one attached hydrogen (secondary N) is 3. The summed E-state index contributed by atoms with van der Waals surface area (Å²) < 4.78 is 0. The molecule has 1 saturated heterocycles. The lowest BCUT2D eigenvalue weighted by Crippen LogP contribution is -2.12. The molecule has 3 aromatic heterocycles. The summed E-state index contributed by atoms with van der Waals surface area (Å²) in [6.07, 6.45) is 7.85. The number of aromatic nitrogens is 4. The second-order valence-corrected chi connectivity index (χ2v) is 7.79. The monoisotopic (exact) mass is 402 g/mol. The summed E-state index contributed by atoms with van der Waals surface area (Å²) in [4.78, 5) is 13.8. The van der Waals surface area contributed by atoms with Gasteiger partial charge in [-0.15, -0.1) is 5.10 Å². The summed E-state index contributed by atoms with van der Waals surface area (Å²) in [6.45, 7) is 6.14. The predicted octanol–water partition coefficient (Wildman–Crippen LogP) is 3.45. The Morgan fingerprint density at radius 3 is 2.83 bits per heavy atom. The number of hydrogen-bond acceptors (Lipinski definition) is 8. The molecule has 8 nitrogen and oxygen atoms in total. The topological polar surface area (TPSA) is 112 Å². The van der Waals surface area contributed by atoms with E-state index in [0.29, 0.717) is 17.6 Å². The van der Waals surface area contributed by atoms with Crippen LogP contribution in [0.2, 0.25) is 0 Å². The lowest BCUT2D eigenvalue weighted by molar-refractivity contribution is 0.745. The molecule has 0 aromatic carbocycles. The quantitative estimate of drug-likeness (QED) is 0.522. The van der Waals surface area contributed by atoms with Crippen LogP contribution in [0.4, 0.5) is 11.6 Å². The first-order valence-corrected chi connectivity index (χ1v) is 10.2. The van der Waals surface area contributed by atoms with Gasteiger partial charge >= 0.3 is 0 Å². The normalized spacial score (nSPS) is 17.6. The van der Waals surface area contributed by atoms with Crippen molar-refractivity contribution in [1.82, 2.24) is 25.5 Å². The molecule has 0 saturated carbocycles. The average molecular weight is 403 g/mol. The van der Waals surface area contributed by atoms with E-state index in [1.807, 2.05) is 30.5 Å². The number of anilines is 2. The number of rotatable bonds is 7. The van der Waals surface area contributed by atoms with Gasteiger partial charge in [0, 0.05) is 25.2 Å². The van der Waals surface area contributed by atoms with E-state index >= 15 is 0 Å². The maximum absolute atomic E-state index is 7.82. The standard InChI is InChI=1S/C22H26N8/c1-14(2)15-8-22(30-27-12-15)29-21-4-3-19-20(28-21)7-16(10-26-19)17(9-23)11-25-18-5-6-24-13-18/h3-4,7-12,14,17-18,23-24H,5-6,13H2,1-2H3,(H,28,29,30)/t17?,18-/m1/s1. The number of hydrogen-bond donors (Lipinski definition) is 3. The highest BCUT2D eigenvalue weighted by Gasteiger charge is 2.14. The minimum atomic E-state index is -0.213. The molecule has 8 heteroatoms. The molecule has 0 radical (unpaired) electrons. The van der Waals surface area contributed by atoms with Gasteiger partial charge in [-0.2, -0.15) is 5.10 Å². The van der Waals surface area contributed by atoms with Crippen molar-refractivity contribution in [2.45, 2.75) is 38.1 Å². The summed E-state index contributed by atoms with van der Waals surface area (Å²) in [5.41, 5.74) is 3.57. The Hall–Kier alpha value is -3.26. The Kier molecular flexibility index (Phi) is 6.04. The maximum Gasteiger partial charge on any atom is 0.154 e. The molecule has 1 unspecified atom stereocenters. The summed E-state index contributed by atoms with van der Waals surface area (Å²) in [5.74, 6) is 1.49. The van der Waals surface area contributed by atoms with Crippen LogP contribution in [-0.2, 0) is 0 Å². The van der Waals surface area contributed by atoms with Crippen LogP contribution in [0.15, 0.2) is 41.7 Å². The van der Waals surface area contributed by atoms with Gasteiger partial charge in [0.25, 0.3) is 0 Å². The molecule has 0 aliphatic carbocycles. The van der Waals surface area contributed by atoms with Crippen molar-refractivity contribution in [2.75, 3.05) is 18.4 Å². The van der Waals surface area contributed by atoms with E-state index in [1.54, 1.807) is 12.4 Å².